The Kier molecular flexibility index (Phi) is 13.4. The molecule has 0 aliphatic heterocycles. The van der Waals surface area contributed by atoms with Crippen LogP contribution in [0.15, 0.2) is 0 Å². The molecule has 12 heteroatoms. The number of thioether (sulfide) groups is 1. The number of amides is 3. The molecular weight excluding hydrogens is 442 g/mol. The van der Waals surface area contributed by atoms with Crippen LogP contribution >= 0.6 is 11.8 Å². The molecule has 0 rings (SSSR count). The molecule has 0 saturated carbocycles. The number of hydrogen-bond donors (Lipinski definition) is 2. The third-order valence-electron chi connectivity index (χ3n) is 3.72. The Morgan fingerprint density at radius 2 is 1.53 bits per heavy atom. The van der Waals surface area contributed by atoms with Crippen molar-refractivity contribution in [2.24, 2.45) is 5.73 Å². The number of nitrogens with zero attached hydrogens (tertiary/aromatic N) is 1. The van der Waals surface area contributed by atoms with Gasteiger partial charge in [-0.3, -0.25) is 33.7 Å². The predicted octanol–water partition coefficient (Wildman–Crippen LogP) is 0.137. The number of nitrogens with one attached hydrogen (secondary N) is 1. The van der Waals surface area contributed by atoms with Crippen molar-refractivity contribution in [2.45, 2.75) is 78.7 Å². The maximum Gasteiger partial charge on any atom is 0.326 e. The van der Waals surface area contributed by atoms with Gasteiger partial charge in [-0.05, 0) is 34.1 Å². The van der Waals surface area contributed by atoms with Crippen LogP contribution in [0.1, 0.15) is 54.4 Å². The van der Waals surface area contributed by atoms with Gasteiger partial charge in [0.15, 0.2) is 5.12 Å². The van der Waals surface area contributed by atoms with E-state index in [4.69, 9.17) is 15.2 Å². The van der Waals surface area contributed by atoms with E-state index in [1.165, 1.54) is 6.92 Å². The molecule has 3 amide bonds. The number of nitrogens with two attached hydrogens (primary N) is 1. The van der Waals surface area contributed by atoms with Gasteiger partial charge in [0.1, 0.15) is 18.6 Å². The summed E-state index contributed by atoms with van der Waals surface area (Å²) in [5.41, 5.74) is 5.71. The molecule has 182 valence electrons. The maximum absolute atomic E-state index is 12.9. The molecule has 0 aromatic carbocycles. The van der Waals surface area contributed by atoms with Crippen molar-refractivity contribution in [1.82, 2.24) is 10.2 Å². The van der Waals surface area contributed by atoms with Gasteiger partial charge in [0.05, 0.1) is 12.2 Å². The van der Waals surface area contributed by atoms with Crippen LogP contribution in [-0.4, -0.2) is 76.3 Å². The van der Waals surface area contributed by atoms with Crippen LogP contribution in [0.5, 0.6) is 0 Å². The summed E-state index contributed by atoms with van der Waals surface area (Å²) in [5.74, 6) is -3.79. The van der Waals surface area contributed by atoms with Crippen molar-refractivity contribution >= 4 is 46.5 Å². The molecule has 0 heterocycles. The lowest BCUT2D eigenvalue weighted by Gasteiger charge is -2.25. The molecule has 0 saturated heterocycles. The number of carbonyl (C=O) groups is 6. The zero-order valence-corrected chi connectivity index (χ0v) is 20.2. The summed E-state index contributed by atoms with van der Waals surface area (Å²) in [5, 5.41) is 2.14. The second kappa shape index (κ2) is 14.6. The standard InChI is InChI=1S/C20H33N3O8S/c1-11(2)30-18(27)9-23(13(5)24)19(28)16(10-32-14(6)25)22-17(26)8-7-15(21)20(29)31-12(3)4/h11-12,15-16H,7-10,21H2,1-6H3,(H,22,26). The molecule has 11 nitrogen and oxygen atoms in total. The third kappa shape index (κ3) is 12.4. The van der Waals surface area contributed by atoms with E-state index in [0.717, 1.165) is 18.7 Å². The molecule has 0 aromatic rings. The van der Waals surface area contributed by atoms with E-state index in [2.05, 4.69) is 5.32 Å². The summed E-state index contributed by atoms with van der Waals surface area (Å²) in [6.45, 7) is 8.32. The van der Waals surface area contributed by atoms with Crippen LogP contribution in [0.4, 0.5) is 0 Å². The highest BCUT2D eigenvalue weighted by atomic mass is 32.2. The minimum atomic E-state index is -1.26. The van der Waals surface area contributed by atoms with Gasteiger partial charge in [0.25, 0.3) is 5.91 Å². The summed E-state index contributed by atoms with van der Waals surface area (Å²) in [4.78, 5) is 72.9. The second-order valence-corrected chi connectivity index (χ2v) is 8.73. The number of ether oxygens (including phenoxy) is 2. The van der Waals surface area contributed by atoms with Crippen molar-refractivity contribution < 1.29 is 38.2 Å². The van der Waals surface area contributed by atoms with Crippen LogP contribution < -0.4 is 11.1 Å². The lowest BCUT2D eigenvalue weighted by molar-refractivity contribution is -0.157. The summed E-state index contributed by atoms with van der Waals surface area (Å²) < 4.78 is 9.94. The van der Waals surface area contributed by atoms with E-state index in [1.54, 1.807) is 27.7 Å². The fourth-order valence-electron chi connectivity index (χ4n) is 2.33. The van der Waals surface area contributed by atoms with Crippen molar-refractivity contribution in [3.63, 3.8) is 0 Å². The van der Waals surface area contributed by atoms with E-state index in [9.17, 15) is 28.8 Å². The zero-order valence-electron chi connectivity index (χ0n) is 19.3. The largest absolute Gasteiger partial charge is 0.462 e. The van der Waals surface area contributed by atoms with Gasteiger partial charge in [0.2, 0.25) is 11.8 Å². The Bertz CT molecular complexity index is 711. The molecule has 0 bridgehead atoms. The summed E-state index contributed by atoms with van der Waals surface area (Å²) in [6, 6.07) is -2.28. The highest BCUT2D eigenvalue weighted by Gasteiger charge is 2.31. The molecule has 2 atom stereocenters. The van der Waals surface area contributed by atoms with E-state index < -0.39 is 54.4 Å². The highest BCUT2D eigenvalue weighted by molar-refractivity contribution is 8.13. The van der Waals surface area contributed by atoms with E-state index in [-0.39, 0.29) is 29.8 Å². The number of carbonyl (C=O) groups excluding carboxylic acids is 6. The second-order valence-electron chi connectivity index (χ2n) is 7.54. The fourth-order valence-corrected chi connectivity index (χ4v) is 2.96. The van der Waals surface area contributed by atoms with Gasteiger partial charge in [-0.15, -0.1) is 0 Å². The highest BCUT2D eigenvalue weighted by Crippen LogP contribution is 2.09. The van der Waals surface area contributed by atoms with Crippen molar-refractivity contribution in [3.05, 3.63) is 0 Å². The van der Waals surface area contributed by atoms with Crippen LogP contribution in [0.3, 0.4) is 0 Å². The fraction of sp³-hybridized carbons (Fsp3) is 0.700. The Labute approximate surface area is 192 Å². The first-order valence-corrected chi connectivity index (χ1v) is 11.1. The van der Waals surface area contributed by atoms with Gasteiger partial charge in [-0.1, -0.05) is 11.8 Å². The van der Waals surface area contributed by atoms with Gasteiger partial charge >= 0.3 is 11.9 Å². The monoisotopic (exact) mass is 475 g/mol. The van der Waals surface area contributed by atoms with Crippen molar-refractivity contribution in [1.29, 1.82) is 0 Å². The number of hydrogen-bond acceptors (Lipinski definition) is 10. The molecule has 32 heavy (non-hydrogen) atoms. The first kappa shape index (κ1) is 29.5. The Balaban J connectivity index is 5.23. The first-order chi connectivity index (χ1) is 14.7. The van der Waals surface area contributed by atoms with Gasteiger partial charge in [-0.25, -0.2) is 0 Å². The molecule has 0 radical (unpaired) electrons. The molecular formula is C20H33N3O8S. The van der Waals surface area contributed by atoms with E-state index >= 15 is 0 Å². The van der Waals surface area contributed by atoms with Crippen LogP contribution in [0.2, 0.25) is 0 Å². The lowest BCUT2D eigenvalue weighted by atomic mass is 10.1. The Morgan fingerprint density at radius 1 is 0.969 bits per heavy atom. The first-order valence-electron chi connectivity index (χ1n) is 10.1. The number of esters is 2. The molecule has 2 unspecified atom stereocenters. The van der Waals surface area contributed by atoms with Crippen molar-refractivity contribution in [2.75, 3.05) is 12.3 Å². The van der Waals surface area contributed by atoms with Gasteiger partial charge < -0.3 is 20.5 Å². The zero-order chi connectivity index (χ0) is 25.0. The minimum Gasteiger partial charge on any atom is -0.462 e. The molecule has 3 N–H and O–H groups in total. The average molecular weight is 476 g/mol. The van der Waals surface area contributed by atoms with E-state index in [0.29, 0.717) is 4.90 Å². The SMILES string of the molecule is CC(=O)SCC(NC(=O)CCC(N)C(=O)OC(C)C)C(=O)N(CC(=O)OC(C)C)C(C)=O. The number of imide groups is 1. The van der Waals surface area contributed by atoms with Gasteiger partial charge in [-0.2, -0.15) is 0 Å². The van der Waals surface area contributed by atoms with Crippen LogP contribution in [0.25, 0.3) is 0 Å². The minimum absolute atomic E-state index is 0.0325. The molecule has 0 spiro atoms. The van der Waals surface area contributed by atoms with Crippen LogP contribution in [0, 0.1) is 0 Å². The van der Waals surface area contributed by atoms with Crippen molar-refractivity contribution in [3.8, 4) is 0 Å². The van der Waals surface area contributed by atoms with Crippen LogP contribution in [-0.2, 0) is 38.2 Å². The molecule has 0 fully saturated rings. The molecule has 0 aliphatic carbocycles. The quantitative estimate of drug-likeness (QED) is 0.371. The van der Waals surface area contributed by atoms with Gasteiger partial charge in [0, 0.05) is 26.0 Å². The normalized spacial score (nSPS) is 12.7. The number of rotatable bonds is 12. The van der Waals surface area contributed by atoms with E-state index in [1.807, 2.05) is 0 Å². The predicted molar refractivity (Wildman–Crippen MR) is 117 cm³/mol. The third-order valence-corrected chi connectivity index (χ3v) is 4.63. The summed E-state index contributed by atoms with van der Waals surface area (Å²) in [6.07, 6.45) is -1.03. The Hall–Kier alpha value is -2.47. The summed E-state index contributed by atoms with van der Waals surface area (Å²) in [7, 11) is 0. The lowest BCUT2D eigenvalue weighted by Crippen LogP contribution is -2.53. The molecule has 0 aromatic heterocycles. The summed E-state index contributed by atoms with van der Waals surface area (Å²) >= 11 is 0.777. The average Bonchev–Trinajstić information content (AvgIpc) is 2.65. The maximum atomic E-state index is 12.9. The topological polar surface area (TPSA) is 162 Å². The molecule has 0 aliphatic rings. The smallest absolute Gasteiger partial charge is 0.326 e. The Morgan fingerprint density at radius 3 is 2.00 bits per heavy atom.